The molecule has 2 aromatic rings. The molecule has 0 aliphatic carbocycles. The number of nitrogens with zero attached hydrogens (tertiary/aromatic N) is 4. The lowest BCUT2D eigenvalue weighted by Gasteiger charge is -2.00. The second kappa shape index (κ2) is 4.88. The number of carbonyl (C=O) groups excluding carboxylic acids is 1. The number of carbonyl (C=O) groups is 1. The highest BCUT2D eigenvalue weighted by molar-refractivity contribution is 6.10. The first kappa shape index (κ1) is 12.5. The van der Waals surface area contributed by atoms with Gasteiger partial charge >= 0.3 is 5.97 Å². The number of aromatic nitrogens is 2. The Bertz CT molecular complexity index is 730. The number of imidazole rings is 1. The largest absolute Gasteiger partial charge is 0.461 e. The van der Waals surface area contributed by atoms with Crippen LogP contribution in [-0.2, 0) is 4.74 Å². The van der Waals surface area contributed by atoms with Crippen molar-refractivity contribution in [1.29, 1.82) is 0 Å². The summed E-state index contributed by atoms with van der Waals surface area (Å²) in [4.78, 5) is 24.8. The summed E-state index contributed by atoms with van der Waals surface area (Å²) in [6.45, 7) is 4.06. The molecule has 20 heavy (non-hydrogen) atoms. The molecule has 0 bridgehead atoms. The lowest BCUT2D eigenvalue weighted by atomic mass is 10.2. The maximum absolute atomic E-state index is 11.7. The van der Waals surface area contributed by atoms with E-state index >= 15 is 0 Å². The number of esters is 1. The third-order valence-corrected chi connectivity index (χ3v) is 2.95. The summed E-state index contributed by atoms with van der Waals surface area (Å²) >= 11 is 0. The van der Waals surface area contributed by atoms with Crippen LogP contribution in [-0.4, -0.2) is 40.1 Å². The topological polar surface area (TPSA) is 68.3 Å². The number of hydrogen-bond donors (Lipinski definition) is 0. The molecule has 1 unspecified atom stereocenters. The molecule has 0 aromatic carbocycles. The molecule has 0 saturated carbocycles. The summed E-state index contributed by atoms with van der Waals surface area (Å²) in [6.07, 6.45) is 5.27. The molecule has 0 spiro atoms. The zero-order valence-corrected chi connectivity index (χ0v) is 11.3. The summed E-state index contributed by atoms with van der Waals surface area (Å²) in [6, 6.07) is 3.84. The molecule has 6 nitrogen and oxygen atoms in total. The molecule has 1 aliphatic rings. The molecule has 3 heterocycles. The number of amidine groups is 1. The van der Waals surface area contributed by atoms with E-state index in [1.165, 1.54) is 0 Å². The van der Waals surface area contributed by atoms with Gasteiger partial charge in [-0.1, -0.05) is 0 Å². The summed E-state index contributed by atoms with van der Waals surface area (Å²) in [7, 11) is 0. The standard InChI is InChI=1S/C14H14N4O2/c1-3-20-14(19)11-8-18-6-4-5-10(13(18)17-11)12-15-7-9(2)16-12/h4-9H,3H2,1-2H3. The van der Waals surface area contributed by atoms with Crippen LogP contribution in [0.25, 0.3) is 5.65 Å². The van der Waals surface area contributed by atoms with Gasteiger partial charge in [-0.15, -0.1) is 0 Å². The normalized spacial score (nSPS) is 17.5. The first-order valence-electron chi connectivity index (χ1n) is 6.46. The molecule has 6 heteroatoms. The van der Waals surface area contributed by atoms with Crippen LogP contribution in [0.2, 0.25) is 0 Å². The van der Waals surface area contributed by atoms with Crippen molar-refractivity contribution in [3.05, 3.63) is 35.8 Å². The number of hydrogen-bond acceptors (Lipinski definition) is 5. The van der Waals surface area contributed by atoms with Gasteiger partial charge in [-0.3, -0.25) is 4.99 Å². The Morgan fingerprint density at radius 1 is 1.50 bits per heavy atom. The monoisotopic (exact) mass is 270 g/mol. The Kier molecular flexibility index (Phi) is 3.06. The average molecular weight is 270 g/mol. The third kappa shape index (κ3) is 2.09. The minimum Gasteiger partial charge on any atom is -0.461 e. The van der Waals surface area contributed by atoms with Gasteiger partial charge in [0, 0.05) is 18.6 Å². The second-order valence-electron chi connectivity index (χ2n) is 4.47. The fraction of sp³-hybridized carbons (Fsp3) is 0.286. The summed E-state index contributed by atoms with van der Waals surface area (Å²) in [5.41, 5.74) is 1.75. The van der Waals surface area contributed by atoms with E-state index in [2.05, 4.69) is 15.0 Å². The van der Waals surface area contributed by atoms with Crippen LogP contribution >= 0.6 is 0 Å². The lowest BCUT2D eigenvalue weighted by molar-refractivity contribution is 0.0520. The van der Waals surface area contributed by atoms with Crippen LogP contribution in [0.5, 0.6) is 0 Å². The van der Waals surface area contributed by atoms with Crippen molar-refractivity contribution in [1.82, 2.24) is 9.38 Å². The zero-order chi connectivity index (χ0) is 14.1. The van der Waals surface area contributed by atoms with Gasteiger partial charge in [0.2, 0.25) is 0 Å². The van der Waals surface area contributed by atoms with Crippen molar-refractivity contribution in [3.63, 3.8) is 0 Å². The van der Waals surface area contributed by atoms with Crippen molar-refractivity contribution in [2.24, 2.45) is 9.98 Å². The SMILES string of the molecule is CCOC(=O)c1cn2cccc(C3=NC(C)C=N3)c2n1. The fourth-order valence-electron chi connectivity index (χ4n) is 2.07. The van der Waals surface area contributed by atoms with Crippen LogP contribution in [0.15, 0.2) is 34.5 Å². The summed E-state index contributed by atoms with van der Waals surface area (Å²) in [5.74, 6) is 0.219. The number of ether oxygens (including phenoxy) is 1. The fourth-order valence-corrected chi connectivity index (χ4v) is 2.07. The molecular formula is C14H14N4O2. The molecule has 1 atom stereocenters. The van der Waals surface area contributed by atoms with Crippen LogP contribution < -0.4 is 0 Å². The predicted molar refractivity (Wildman–Crippen MR) is 75.6 cm³/mol. The van der Waals surface area contributed by atoms with Crippen molar-refractivity contribution in [3.8, 4) is 0 Å². The van der Waals surface area contributed by atoms with E-state index in [4.69, 9.17) is 4.74 Å². The van der Waals surface area contributed by atoms with Crippen molar-refractivity contribution in [2.75, 3.05) is 6.61 Å². The van der Waals surface area contributed by atoms with Crippen molar-refractivity contribution in [2.45, 2.75) is 19.9 Å². The minimum absolute atomic E-state index is 0.0738. The van der Waals surface area contributed by atoms with Crippen LogP contribution in [0.4, 0.5) is 0 Å². The van der Waals surface area contributed by atoms with Gasteiger partial charge in [-0.25, -0.2) is 14.8 Å². The van der Waals surface area contributed by atoms with E-state index in [1.807, 2.05) is 25.3 Å². The van der Waals surface area contributed by atoms with Gasteiger partial charge < -0.3 is 9.14 Å². The molecule has 3 rings (SSSR count). The highest BCUT2D eigenvalue weighted by atomic mass is 16.5. The lowest BCUT2D eigenvalue weighted by Crippen LogP contribution is -2.04. The first-order chi connectivity index (χ1) is 9.69. The van der Waals surface area contributed by atoms with E-state index in [9.17, 15) is 4.79 Å². The van der Waals surface area contributed by atoms with Crippen LogP contribution in [0, 0.1) is 0 Å². The van der Waals surface area contributed by atoms with E-state index in [0.29, 0.717) is 18.1 Å². The van der Waals surface area contributed by atoms with Gasteiger partial charge in [0.05, 0.1) is 18.2 Å². The van der Waals surface area contributed by atoms with Crippen molar-refractivity contribution >= 4 is 23.7 Å². The summed E-state index contributed by atoms with van der Waals surface area (Å²) < 4.78 is 6.75. The molecule has 0 fully saturated rings. The zero-order valence-electron chi connectivity index (χ0n) is 11.3. The van der Waals surface area contributed by atoms with E-state index in [-0.39, 0.29) is 11.7 Å². The highest BCUT2D eigenvalue weighted by Gasteiger charge is 2.17. The molecule has 0 amide bonds. The van der Waals surface area contributed by atoms with Gasteiger partial charge in [0.15, 0.2) is 11.5 Å². The van der Waals surface area contributed by atoms with E-state index in [1.54, 1.807) is 23.7 Å². The molecule has 102 valence electrons. The van der Waals surface area contributed by atoms with Gasteiger partial charge in [0.1, 0.15) is 5.65 Å². The molecule has 2 aromatic heterocycles. The molecule has 0 saturated heterocycles. The van der Waals surface area contributed by atoms with Crippen LogP contribution in [0.3, 0.4) is 0 Å². The van der Waals surface area contributed by atoms with E-state index < -0.39 is 5.97 Å². The maximum Gasteiger partial charge on any atom is 0.358 e. The number of pyridine rings is 1. The Balaban J connectivity index is 2.08. The number of aliphatic imine (C=N–C) groups is 2. The maximum atomic E-state index is 11.7. The molecule has 1 aliphatic heterocycles. The molecule has 0 N–H and O–H groups in total. The first-order valence-corrected chi connectivity index (χ1v) is 6.46. The Hall–Kier alpha value is -2.50. The Morgan fingerprint density at radius 3 is 3.05 bits per heavy atom. The molecular weight excluding hydrogens is 256 g/mol. The Morgan fingerprint density at radius 2 is 2.35 bits per heavy atom. The third-order valence-electron chi connectivity index (χ3n) is 2.95. The second-order valence-corrected chi connectivity index (χ2v) is 4.47. The predicted octanol–water partition coefficient (Wildman–Crippen LogP) is 1.73. The number of rotatable bonds is 3. The number of fused-ring (bicyclic) bond motifs is 1. The average Bonchev–Trinajstić information content (AvgIpc) is 3.04. The smallest absolute Gasteiger partial charge is 0.358 e. The highest BCUT2D eigenvalue weighted by Crippen LogP contribution is 2.16. The van der Waals surface area contributed by atoms with Gasteiger partial charge in [-0.2, -0.15) is 0 Å². The van der Waals surface area contributed by atoms with Crippen LogP contribution in [0.1, 0.15) is 29.9 Å². The quantitative estimate of drug-likeness (QED) is 0.798. The Labute approximate surface area is 115 Å². The van der Waals surface area contributed by atoms with Gasteiger partial charge in [0.25, 0.3) is 0 Å². The molecule has 0 radical (unpaired) electrons. The van der Waals surface area contributed by atoms with E-state index in [0.717, 1.165) is 5.56 Å². The van der Waals surface area contributed by atoms with Gasteiger partial charge in [-0.05, 0) is 26.0 Å². The summed E-state index contributed by atoms with van der Waals surface area (Å²) in [5, 5.41) is 0. The minimum atomic E-state index is -0.424. The van der Waals surface area contributed by atoms with Crippen molar-refractivity contribution < 1.29 is 9.53 Å².